The fourth-order valence-electron chi connectivity index (χ4n) is 3.02. The summed E-state index contributed by atoms with van der Waals surface area (Å²) in [6, 6.07) is 7.98. The van der Waals surface area contributed by atoms with Crippen LogP contribution in [0.15, 0.2) is 36.4 Å². The number of carbonyl (C=O) groups is 1. The van der Waals surface area contributed by atoms with Gasteiger partial charge in [0.2, 0.25) is 5.91 Å². The Morgan fingerprint density at radius 1 is 1.26 bits per heavy atom. The smallest absolute Gasteiger partial charge is 0.246 e. The van der Waals surface area contributed by atoms with E-state index in [1.165, 1.54) is 0 Å². The number of carbonyl (C=O) groups excluding carboxylic acids is 1. The molecular formula is C19H25Cl2NO. The zero-order chi connectivity index (χ0) is 16.8. The molecule has 0 heterocycles. The third kappa shape index (κ3) is 4.30. The van der Waals surface area contributed by atoms with Crippen LogP contribution in [0.5, 0.6) is 0 Å². The summed E-state index contributed by atoms with van der Waals surface area (Å²) in [5, 5.41) is -0.541. The summed E-state index contributed by atoms with van der Waals surface area (Å²) in [7, 11) is 0. The molecule has 2 nitrogen and oxygen atoms in total. The highest BCUT2D eigenvalue weighted by atomic mass is 35.5. The zero-order valence-corrected chi connectivity index (χ0v) is 15.4. The number of hydrogen-bond acceptors (Lipinski definition) is 1. The minimum Gasteiger partial charge on any atom is -0.294 e. The number of para-hydroxylation sites is 1. The highest BCUT2D eigenvalue weighted by Gasteiger charge is 2.33. The van der Waals surface area contributed by atoms with Crippen LogP contribution < -0.4 is 4.90 Å². The second-order valence-corrected chi connectivity index (χ2v) is 6.96. The molecule has 0 N–H and O–H groups in total. The van der Waals surface area contributed by atoms with Gasteiger partial charge in [-0.25, -0.2) is 0 Å². The van der Waals surface area contributed by atoms with Gasteiger partial charge in [0.05, 0.1) is 0 Å². The Morgan fingerprint density at radius 2 is 2.00 bits per heavy atom. The normalized spacial score (nSPS) is 20.1. The van der Waals surface area contributed by atoms with Gasteiger partial charge in [-0.3, -0.25) is 9.69 Å². The Balaban J connectivity index is 2.38. The van der Waals surface area contributed by atoms with Crippen LogP contribution in [0.4, 0.5) is 5.69 Å². The van der Waals surface area contributed by atoms with Gasteiger partial charge in [-0.05, 0) is 49.7 Å². The van der Waals surface area contributed by atoms with Gasteiger partial charge in [0.15, 0.2) is 0 Å². The first-order valence-corrected chi connectivity index (χ1v) is 9.31. The van der Waals surface area contributed by atoms with Crippen molar-refractivity contribution in [1.29, 1.82) is 0 Å². The van der Waals surface area contributed by atoms with Crippen molar-refractivity contribution in [2.75, 3.05) is 4.90 Å². The van der Waals surface area contributed by atoms with E-state index in [1.807, 2.05) is 25.1 Å². The van der Waals surface area contributed by atoms with E-state index in [2.05, 4.69) is 25.1 Å². The minimum absolute atomic E-state index is 0.0929. The van der Waals surface area contributed by atoms with Gasteiger partial charge in [0, 0.05) is 5.69 Å². The molecule has 2 rings (SSSR count). The largest absolute Gasteiger partial charge is 0.294 e. The molecule has 1 aliphatic carbocycles. The van der Waals surface area contributed by atoms with Gasteiger partial charge >= 0.3 is 0 Å². The predicted molar refractivity (Wildman–Crippen MR) is 99.4 cm³/mol. The van der Waals surface area contributed by atoms with Gasteiger partial charge in [-0.2, -0.15) is 0 Å². The second-order valence-electron chi connectivity index (χ2n) is 5.98. The summed E-state index contributed by atoms with van der Waals surface area (Å²) in [5.74, 6) is 0.167. The molecule has 4 heteroatoms. The van der Waals surface area contributed by atoms with E-state index in [4.69, 9.17) is 23.2 Å². The van der Waals surface area contributed by atoms with Crippen molar-refractivity contribution >= 4 is 34.8 Å². The van der Waals surface area contributed by atoms with Crippen LogP contribution in [0.3, 0.4) is 0 Å². The van der Waals surface area contributed by atoms with E-state index in [0.717, 1.165) is 36.9 Å². The van der Waals surface area contributed by atoms with Crippen molar-refractivity contribution in [3.63, 3.8) is 0 Å². The Kier molecular flexibility index (Phi) is 6.98. The number of nitrogens with zero attached hydrogens (tertiary/aromatic N) is 1. The monoisotopic (exact) mass is 353 g/mol. The molecule has 0 fully saturated rings. The standard InChI is InChI=1S/C19H25Cl2NO/c1-3-14-10-8-9-13-17(14)22(19(23)16(20)4-2)18(21)15-11-6-5-7-12-15/h5-6,8-10,13,15-16,18H,3-4,7,11-12H2,1-2H3. The third-order valence-electron chi connectivity index (χ3n) is 4.44. The van der Waals surface area contributed by atoms with Crippen LogP contribution >= 0.6 is 23.2 Å². The van der Waals surface area contributed by atoms with Crippen molar-refractivity contribution in [1.82, 2.24) is 0 Å². The molecule has 0 aromatic heterocycles. The molecule has 3 unspecified atom stereocenters. The molecule has 23 heavy (non-hydrogen) atoms. The lowest BCUT2D eigenvalue weighted by Crippen LogP contribution is -2.45. The van der Waals surface area contributed by atoms with Crippen LogP contribution in [0.25, 0.3) is 0 Å². The average Bonchev–Trinajstić information content (AvgIpc) is 2.62. The molecule has 1 amide bonds. The number of rotatable bonds is 6. The summed E-state index contributed by atoms with van der Waals surface area (Å²) < 4.78 is 0. The first kappa shape index (κ1) is 18.4. The fraction of sp³-hybridized carbons (Fsp3) is 0.526. The van der Waals surface area contributed by atoms with Crippen LogP contribution in [-0.4, -0.2) is 16.8 Å². The number of allylic oxidation sites excluding steroid dienone is 2. The second kappa shape index (κ2) is 8.75. The maximum atomic E-state index is 12.9. The van der Waals surface area contributed by atoms with Crippen molar-refractivity contribution in [3.05, 3.63) is 42.0 Å². The van der Waals surface area contributed by atoms with E-state index in [-0.39, 0.29) is 17.3 Å². The lowest BCUT2D eigenvalue weighted by atomic mass is 9.93. The summed E-state index contributed by atoms with van der Waals surface area (Å²) in [4.78, 5) is 14.7. The number of hydrogen-bond donors (Lipinski definition) is 0. The molecule has 126 valence electrons. The number of benzene rings is 1. The van der Waals surface area contributed by atoms with E-state index < -0.39 is 5.38 Å². The highest BCUT2D eigenvalue weighted by Crippen LogP contribution is 2.34. The molecule has 0 saturated carbocycles. The summed E-state index contributed by atoms with van der Waals surface area (Å²) in [6.07, 6.45) is 8.72. The van der Waals surface area contributed by atoms with Gasteiger partial charge < -0.3 is 0 Å². The molecule has 0 aliphatic heterocycles. The molecular weight excluding hydrogens is 329 g/mol. The van der Waals surface area contributed by atoms with Crippen LogP contribution in [0.1, 0.15) is 45.1 Å². The van der Waals surface area contributed by atoms with Crippen LogP contribution in [0.2, 0.25) is 0 Å². The van der Waals surface area contributed by atoms with Crippen molar-refractivity contribution in [2.45, 2.75) is 56.8 Å². The minimum atomic E-state index is -0.541. The lowest BCUT2D eigenvalue weighted by molar-refractivity contribution is -0.118. The van der Waals surface area contributed by atoms with Crippen LogP contribution in [0, 0.1) is 5.92 Å². The number of aryl methyl sites for hydroxylation is 1. The molecule has 0 radical (unpaired) electrons. The maximum Gasteiger partial charge on any atom is 0.246 e. The molecule has 0 spiro atoms. The molecule has 0 saturated heterocycles. The maximum absolute atomic E-state index is 12.9. The Morgan fingerprint density at radius 3 is 2.61 bits per heavy atom. The summed E-state index contributed by atoms with van der Waals surface area (Å²) in [6.45, 7) is 4.01. The number of alkyl halides is 2. The van der Waals surface area contributed by atoms with Gasteiger partial charge in [-0.15, -0.1) is 11.6 Å². The Bertz CT molecular complexity index is 558. The van der Waals surface area contributed by atoms with Gasteiger partial charge in [0.1, 0.15) is 10.9 Å². The van der Waals surface area contributed by atoms with E-state index in [0.29, 0.717) is 6.42 Å². The lowest BCUT2D eigenvalue weighted by Gasteiger charge is -2.36. The molecule has 1 aromatic rings. The Hall–Kier alpha value is -0.990. The summed E-state index contributed by atoms with van der Waals surface area (Å²) in [5.41, 5.74) is 1.65. The number of amides is 1. The first-order valence-electron chi connectivity index (χ1n) is 8.44. The zero-order valence-electron chi connectivity index (χ0n) is 13.8. The first-order chi connectivity index (χ1) is 11.1. The highest BCUT2D eigenvalue weighted by molar-refractivity contribution is 6.34. The Labute approximate surface area is 149 Å². The van der Waals surface area contributed by atoms with Crippen molar-refractivity contribution < 1.29 is 4.79 Å². The quantitative estimate of drug-likeness (QED) is 0.374. The average molecular weight is 354 g/mol. The SMILES string of the molecule is CCc1ccccc1N(C(=O)C(Cl)CC)C(Cl)C1CC=CCC1. The van der Waals surface area contributed by atoms with Gasteiger partial charge in [-0.1, -0.05) is 55.8 Å². The summed E-state index contributed by atoms with van der Waals surface area (Å²) >= 11 is 13.1. The van der Waals surface area contributed by atoms with E-state index >= 15 is 0 Å². The fourth-order valence-corrected chi connectivity index (χ4v) is 3.56. The van der Waals surface area contributed by atoms with E-state index in [1.54, 1.807) is 4.90 Å². The van der Waals surface area contributed by atoms with Gasteiger partial charge in [0.25, 0.3) is 0 Å². The molecule has 1 aromatic carbocycles. The van der Waals surface area contributed by atoms with Crippen LogP contribution in [-0.2, 0) is 11.2 Å². The predicted octanol–water partition coefficient (Wildman–Crippen LogP) is 5.52. The van der Waals surface area contributed by atoms with Crippen molar-refractivity contribution in [3.8, 4) is 0 Å². The van der Waals surface area contributed by atoms with Crippen molar-refractivity contribution in [2.24, 2.45) is 5.92 Å². The molecule has 3 atom stereocenters. The van der Waals surface area contributed by atoms with E-state index in [9.17, 15) is 4.79 Å². The number of halogens is 2. The third-order valence-corrected chi connectivity index (χ3v) is 5.49. The topological polar surface area (TPSA) is 20.3 Å². The molecule has 0 bridgehead atoms. The molecule has 1 aliphatic rings. The number of anilines is 1.